The summed E-state index contributed by atoms with van der Waals surface area (Å²) in [7, 11) is 2.15. The molecule has 0 bridgehead atoms. The number of hydrogen-bond donors (Lipinski definition) is 2. The molecule has 2 aliphatic heterocycles. The van der Waals surface area contributed by atoms with Crippen LogP contribution in [0.3, 0.4) is 0 Å². The summed E-state index contributed by atoms with van der Waals surface area (Å²) in [5, 5.41) is 5.90. The van der Waals surface area contributed by atoms with Gasteiger partial charge in [0.05, 0.1) is 15.8 Å². The van der Waals surface area contributed by atoms with Crippen molar-refractivity contribution < 1.29 is 14.3 Å². The average molecular weight is 448 g/mol. The van der Waals surface area contributed by atoms with E-state index in [0.29, 0.717) is 28.3 Å². The Bertz CT molecular complexity index is 955. The largest absolute Gasteiger partial charge is 0.378 e. The molecule has 2 amide bonds. The van der Waals surface area contributed by atoms with Gasteiger partial charge in [0.2, 0.25) is 0 Å². The van der Waals surface area contributed by atoms with Gasteiger partial charge in [-0.25, -0.2) is 0 Å². The number of nitrogens with one attached hydrogen (secondary N) is 2. The summed E-state index contributed by atoms with van der Waals surface area (Å²) >= 11 is 7.13. The molecule has 4 rings (SSSR count). The molecule has 2 aromatic rings. The van der Waals surface area contributed by atoms with Crippen molar-refractivity contribution in [2.45, 2.75) is 37.8 Å². The number of carbonyl (C=O) groups is 2. The average Bonchev–Trinajstić information content (AvgIpc) is 3.34. The first-order chi connectivity index (χ1) is 14.4. The molecule has 30 heavy (non-hydrogen) atoms. The number of likely N-dealkylation sites (N-methyl/N-ethyl adjacent to an activating group) is 1. The lowest BCUT2D eigenvalue weighted by atomic mass is 9.96. The van der Waals surface area contributed by atoms with Crippen LogP contribution in [-0.4, -0.2) is 55.1 Å². The molecule has 1 fully saturated rings. The van der Waals surface area contributed by atoms with Gasteiger partial charge in [0, 0.05) is 31.3 Å². The van der Waals surface area contributed by atoms with Gasteiger partial charge in [0.15, 0.2) is 0 Å². The Kier molecular flexibility index (Phi) is 6.16. The second kappa shape index (κ2) is 8.67. The fourth-order valence-electron chi connectivity index (χ4n) is 3.99. The molecule has 3 heterocycles. The van der Waals surface area contributed by atoms with Crippen molar-refractivity contribution in [3.63, 3.8) is 0 Å². The molecule has 1 saturated heterocycles. The van der Waals surface area contributed by atoms with E-state index in [9.17, 15) is 9.59 Å². The Morgan fingerprint density at radius 2 is 2.10 bits per heavy atom. The van der Waals surface area contributed by atoms with E-state index in [1.54, 1.807) is 12.1 Å². The van der Waals surface area contributed by atoms with Gasteiger partial charge in [-0.1, -0.05) is 17.7 Å². The second-order valence-electron chi connectivity index (χ2n) is 8.16. The molecule has 2 aliphatic rings. The van der Waals surface area contributed by atoms with Gasteiger partial charge < -0.3 is 20.3 Å². The fraction of sp³-hybridized carbons (Fsp3) is 0.455. The zero-order valence-electron chi connectivity index (χ0n) is 17.2. The van der Waals surface area contributed by atoms with Gasteiger partial charge in [-0.2, -0.15) is 0 Å². The molecule has 2 atom stereocenters. The summed E-state index contributed by atoms with van der Waals surface area (Å²) in [4.78, 5) is 28.7. The van der Waals surface area contributed by atoms with Crippen LogP contribution in [0.5, 0.6) is 0 Å². The number of hydrogen-bond acceptors (Lipinski definition) is 5. The monoisotopic (exact) mass is 447 g/mol. The lowest BCUT2D eigenvalue weighted by molar-refractivity contribution is -0.122. The zero-order chi connectivity index (χ0) is 21.3. The second-order valence-corrected chi connectivity index (χ2v) is 9.88. The number of halogens is 1. The molecule has 0 spiro atoms. The van der Waals surface area contributed by atoms with Crippen molar-refractivity contribution in [3.8, 4) is 0 Å². The van der Waals surface area contributed by atoms with Gasteiger partial charge >= 0.3 is 0 Å². The first-order valence-electron chi connectivity index (χ1n) is 10.2. The molecule has 0 aliphatic carbocycles. The molecule has 8 heteroatoms. The molecule has 160 valence electrons. The van der Waals surface area contributed by atoms with Gasteiger partial charge in [-0.05, 0) is 62.2 Å². The summed E-state index contributed by atoms with van der Waals surface area (Å²) in [6.45, 7) is 3.80. The number of ether oxygens (including phenoxy) is 1. The van der Waals surface area contributed by atoms with E-state index in [1.807, 2.05) is 6.07 Å². The third kappa shape index (κ3) is 4.39. The number of carbonyl (C=O) groups excluding carboxylic acids is 2. The van der Waals surface area contributed by atoms with Crippen LogP contribution in [0.15, 0.2) is 30.3 Å². The van der Waals surface area contributed by atoms with Crippen LogP contribution < -0.4 is 10.6 Å². The Hall–Kier alpha value is -1.93. The zero-order valence-corrected chi connectivity index (χ0v) is 18.7. The lowest BCUT2D eigenvalue weighted by Gasteiger charge is -2.27. The maximum Gasteiger partial charge on any atom is 0.262 e. The minimum Gasteiger partial charge on any atom is -0.378 e. The van der Waals surface area contributed by atoms with E-state index in [0.717, 1.165) is 25.1 Å². The molecule has 0 unspecified atom stereocenters. The van der Waals surface area contributed by atoms with Crippen LogP contribution in [0.1, 0.15) is 34.1 Å². The minimum absolute atomic E-state index is 0.150. The third-order valence-corrected chi connectivity index (χ3v) is 7.30. The van der Waals surface area contributed by atoms with Crippen LogP contribution in [-0.2, 0) is 22.4 Å². The van der Waals surface area contributed by atoms with E-state index < -0.39 is 5.54 Å². The Morgan fingerprint density at radius 1 is 1.27 bits per heavy atom. The molecular weight excluding hydrogens is 422 g/mol. The number of benzene rings is 1. The molecular formula is C22H26ClN3O3S. The molecule has 0 radical (unpaired) electrons. The fourth-order valence-corrected chi connectivity index (χ4v) is 4.93. The predicted molar refractivity (Wildman–Crippen MR) is 120 cm³/mol. The highest BCUT2D eigenvalue weighted by molar-refractivity contribution is 7.18. The summed E-state index contributed by atoms with van der Waals surface area (Å²) in [6, 6.07) is 9.93. The van der Waals surface area contributed by atoms with Crippen LogP contribution in [0.4, 0.5) is 5.69 Å². The van der Waals surface area contributed by atoms with Gasteiger partial charge in [0.25, 0.3) is 11.8 Å². The molecule has 6 nitrogen and oxygen atoms in total. The highest BCUT2D eigenvalue weighted by Crippen LogP contribution is 2.27. The van der Waals surface area contributed by atoms with Crippen molar-refractivity contribution in [1.29, 1.82) is 0 Å². The number of thiophene rings is 1. The number of fused-ring (bicyclic) bond motifs is 1. The minimum atomic E-state index is -1.09. The maximum atomic E-state index is 13.2. The Balaban J connectivity index is 1.50. The smallest absolute Gasteiger partial charge is 0.262 e. The SMILES string of the molecule is C[C@@H]1Cc2ccc(NC(=O)[C@]3(NC(=O)c4ccc(Cl)s4)CCOC3)cc2CCN1C. The number of nitrogens with zero attached hydrogens (tertiary/aromatic N) is 1. The number of rotatable bonds is 4. The molecule has 0 saturated carbocycles. The number of anilines is 1. The van der Waals surface area contributed by atoms with E-state index in [4.69, 9.17) is 16.3 Å². The highest BCUT2D eigenvalue weighted by atomic mass is 35.5. The van der Waals surface area contributed by atoms with E-state index in [-0.39, 0.29) is 18.4 Å². The summed E-state index contributed by atoms with van der Waals surface area (Å²) in [6.07, 6.45) is 2.37. The normalized spacial score (nSPS) is 24.2. The predicted octanol–water partition coefficient (Wildman–Crippen LogP) is 3.35. The lowest BCUT2D eigenvalue weighted by Crippen LogP contribution is -2.57. The highest BCUT2D eigenvalue weighted by Gasteiger charge is 2.44. The molecule has 1 aromatic heterocycles. The summed E-state index contributed by atoms with van der Waals surface area (Å²) in [5.74, 6) is -0.568. The van der Waals surface area contributed by atoms with E-state index >= 15 is 0 Å². The van der Waals surface area contributed by atoms with Crippen LogP contribution in [0.25, 0.3) is 0 Å². The van der Waals surface area contributed by atoms with Crippen molar-refractivity contribution in [1.82, 2.24) is 10.2 Å². The quantitative estimate of drug-likeness (QED) is 0.754. The molecule has 2 N–H and O–H groups in total. The van der Waals surface area contributed by atoms with E-state index in [1.165, 1.54) is 22.5 Å². The van der Waals surface area contributed by atoms with Crippen LogP contribution in [0.2, 0.25) is 4.34 Å². The van der Waals surface area contributed by atoms with Crippen LogP contribution >= 0.6 is 22.9 Å². The Labute approximate surface area is 185 Å². The first kappa shape index (κ1) is 21.3. The summed E-state index contributed by atoms with van der Waals surface area (Å²) < 4.78 is 6.02. The first-order valence-corrected chi connectivity index (χ1v) is 11.3. The molecule has 1 aromatic carbocycles. The van der Waals surface area contributed by atoms with Crippen molar-refractivity contribution >= 4 is 40.4 Å². The standard InChI is InChI=1S/C22H26ClN3O3S/c1-14-11-15-3-4-17(12-16(15)7-9-26(14)2)24-21(28)22(8-10-29-13-22)25-20(27)18-5-6-19(23)30-18/h3-6,12,14H,7-11,13H2,1-2H3,(H,24,28)(H,25,27)/t14-,22+/m1/s1. The van der Waals surface area contributed by atoms with Crippen molar-refractivity contribution in [3.05, 3.63) is 50.7 Å². The van der Waals surface area contributed by atoms with Gasteiger partial charge in [-0.15, -0.1) is 11.3 Å². The third-order valence-electron chi connectivity index (χ3n) is 6.07. The summed E-state index contributed by atoms with van der Waals surface area (Å²) in [5.41, 5.74) is 2.25. The van der Waals surface area contributed by atoms with Crippen molar-refractivity contribution in [2.75, 3.05) is 32.1 Å². The van der Waals surface area contributed by atoms with Crippen molar-refractivity contribution in [2.24, 2.45) is 0 Å². The topological polar surface area (TPSA) is 70.7 Å². The maximum absolute atomic E-state index is 13.2. The van der Waals surface area contributed by atoms with Crippen LogP contribution in [0, 0.1) is 0 Å². The Morgan fingerprint density at radius 3 is 2.80 bits per heavy atom. The van der Waals surface area contributed by atoms with Gasteiger partial charge in [0.1, 0.15) is 5.54 Å². The van der Waals surface area contributed by atoms with Gasteiger partial charge in [-0.3, -0.25) is 9.59 Å². The van der Waals surface area contributed by atoms with E-state index in [2.05, 4.69) is 41.6 Å². The number of amides is 2.